The molecule has 0 atom stereocenters. The lowest BCUT2D eigenvalue weighted by Gasteiger charge is -2.12. The summed E-state index contributed by atoms with van der Waals surface area (Å²) in [5.74, 6) is -2.87. The third-order valence-corrected chi connectivity index (χ3v) is 10.5. The number of esters is 2. The molecule has 0 saturated carbocycles. The zero-order chi connectivity index (χ0) is 49.8. The predicted octanol–water partition coefficient (Wildman–Crippen LogP) is 15.1. The van der Waals surface area contributed by atoms with Crippen molar-refractivity contribution >= 4 is 92.3 Å². The van der Waals surface area contributed by atoms with Crippen molar-refractivity contribution in [3.05, 3.63) is 249 Å². The lowest BCUT2D eigenvalue weighted by molar-refractivity contribution is 0.0593. The first-order valence-electron chi connectivity index (χ1n) is 21.4. The van der Waals surface area contributed by atoms with Gasteiger partial charge in [0.25, 0.3) is 0 Å². The van der Waals surface area contributed by atoms with Gasteiger partial charge in [-0.3, -0.25) is 0 Å². The Bertz CT molecular complexity index is 3080. The van der Waals surface area contributed by atoms with Crippen LogP contribution in [-0.2, 0) is 9.47 Å². The molecule has 352 valence electrons. The van der Waals surface area contributed by atoms with Gasteiger partial charge < -0.3 is 30.5 Å². The highest BCUT2D eigenvalue weighted by molar-refractivity contribution is 9.10. The first-order chi connectivity index (χ1) is 33.9. The molecule has 0 heterocycles. The highest BCUT2D eigenvalue weighted by atomic mass is 79.9. The Morgan fingerprint density at radius 3 is 1.13 bits per heavy atom. The van der Waals surface area contributed by atoms with Gasteiger partial charge in [0.05, 0.1) is 48.0 Å². The van der Waals surface area contributed by atoms with E-state index >= 15 is 0 Å². The Morgan fingerprint density at radius 2 is 0.757 bits per heavy atom. The second kappa shape index (κ2) is 25.5. The van der Waals surface area contributed by atoms with Crippen LogP contribution in [-0.4, -0.2) is 37.2 Å². The first kappa shape index (κ1) is 50.7. The van der Waals surface area contributed by atoms with Crippen molar-refractivity contribution in [3.63, 3.8) is 0 Å². The van der Waals surface area contributed by atoms with Gasteiger partial charge in [-0.05, 0) is 138 Å². The van der Waals surface area contributed by atoms with Crippen LogP contribution in [0.25, 0.3) is 24.3 Å². The number of rotatable bonds is 13. The minimum absolute atomic E-state index is 0.154. The molecule has 13 heteroatoms. The largest absolute Gasteiger partial charge is 0.478 e. The first-order valence-corrected chi connectivity index (χ1v) is 22.2. The number of carboxylic acids is 1. The smallest absolute Gasteiger partial charge is 0.339 e. The number of anilines is 6. The van der Waals surface area contributed by atoms with Crippen molar-refractivity contribution in [2.75, 3.05) is 30.2 Å². The molecule has 0 saturated heterocycles. The van der Waals surface area contributed by atoms with Crippen LogP contribution in [0.3, 0.4) is 0 Å². The number of hydrogen-bond acceptors (Lipinski definition) is 8. The number of hydrogen-bond donors (Lipinski definition) is 4. The summed E-state index contributed by atoms with van der Waals surface area (Å²) in [4.78, 5) is 35.1. The SMILES string of the molecule is COC(=O)c1ccc(/C=C/c2ccccc2)cc1Nc1ccc(F)cc1.COC(=O)c1ccc(Br)cc1Nc1ccc(F)cc1.O=C(O)c1ccc(/C=C/c2ccccc2)cc1Nc1ccc(F)cc1. The normalized spacial score (nSPS) is 10.5. The number of nitrogens with one attached hydrogen (secondary N) is 3. The van der Waals surface area contributed by atoms with Gasteiger partial charge in [-0.15, -0.1) is 0 Å². The molecule has 0 bridgehead atoms. The maximum Gasteiger partial charge on any atom is 0.339 e. The summed E-state index contributed by atoms with van der Waals surface area (Å²) in [6.45, 7) is 0. The number of carboxylic acid groups (broad SMARTS) is 1. The van der Waals surface area contributed by atoms with Gasteiger partial charge in [-0.2, -0.15) is 0 Å². The molecule has 8 aromatic rings. The third-order valence-electron chi connectivity index (χ3n) is 10.0. The highest BCUT2D eigenvalue weighted by Gasteiger charge is 2.15. The molecular weight excluding hydrogens is 960 g/mol. The third kappa shape index (κ3) is 15.4. The number of methoxy groups -OCH3 is 2. The highest BCUT2D eigenvalue weighted by Crippen LogP contribution is 2.28. The van der Waals surface area contributed by atoms with E-state index in [-0.39, 0.29) is 23.0 Å². The molecular formula is C57H45BrF3N3O6. The quantitative estimate of drug-likeness (QED) is 0.0660. The van der Waals surface area contributed by atoms with E-state index in [2.05, 4.69) is 31.9 Å². The van der Waals surface area contributed by atoms with E-state index in [4.69, 9.17) is 9.47 Å². The summed E-state index contributed by atoms with van der Waals surface area (Å²) in [5.41, 5.74) is 8.52. The number of benzene rings is 8. The van der Waals surface area contributed by atoms with E-state index < -0.39 is 17.9 Å². The van der Waals surface area contributed by atoms with Gasteiger partial charge in [0.15, 0.2) is 0 Å². The van der Waals surface area contributed by atoms with Gasteiger partial charge in [0.1, 0.15) is 17.5 Å². The van der Waals surface area contributed by atoms with Gasteiger partial charge in [-0.25, -0.2) is 27.6 Å². The van der Waals surface area contributed by atoms with Crippen LogP contribution in [0.2, 0.25) is 0 Å². The molecule has 70 heavy (non-hydrogen) atoms. The zero-order valence-corrected chi connectivity index (χ0v) is 39.3. The lowest BCUT2D eigenvalue weighted by atomic mass is 10.1. The lowest BCUT2D eigenvalue weighted by Crippen LogP contribution is -2.06. The van der Waals surface area contributed by atoms with Gasteiger partial charge in [-0.1, -0.05) is 113 Å². The molecule has 8 rings (SSSR count). The van der Waals surface area contributed by atoms with E-state index in [1.54, 1.807) is 78.9 Å². The van der Waals surface area contributed by atoms with Crippen LogP contribution in [0.5, 0.6) is 0 Å². The van der Waals surface area contributed by atoms with Crippen molar-refractivity contribution in [2.24, 2.45) is 0 Å². The molecule has 0 aliphatic carbocycles. The summed E-state index contributed by atoms with van der Waals surface area (Å²) in [5, 5.41) is 18.6. The fourth-order valence-electron chi connectivity index (χ4n) is 6.50. The summed E-state index contributed by atoms with van der Waals surface area (Å²) < 4.78 is 49.4. The average Bonchev–Trinajstić information content (AvgIpc) is 3.38. The predicted molar refractivity (Wildman–Crippen MR) is 276 cm³/mol. The second-order valence-corrected chi connectivity index (χ2v) is 15.9. The molecule has 0 amide bonds. The molecule has 9 nitrogen and oxygen atoms in total. The summed E-state index contributed by atoms with van der Waals surface area (Å²) in [7, 11) is 2.67. The van der Waals surface area contributed by atoms with Crippen LogP contribution in [0.1, 0.15) is 53.3 Å². The number of halogens is 4. The van der Waals surface area contributed by atoms with Crippen LogP contribution >= 0.6 is 15.9 Å². The Labute approximate surface area is 411 Å². The molecule has 4 N–H and O–H groups in total. The van der Waals surface area contributed by atoms with Gasteiger partial charge >= 0.3 is 17.9 Å². The van der Waals surface area contributed by atoms with Crippen molar-refractivity contribution in [1.82, 2.24) is 0 Å². The van der Waals surface area contributed by atoms with E-state index in [1.807, 2.05) is 97.1 Å². The molecule has 0 radical (unpaired) electrons. The second-order valence-electron chi connectivity index (χ2n) is 15.0. The molecule has 8 aromatic carbocycles. The topological polar surface area (TPSA) is 126 Å². The zero-order valence-electron chi connectivity index (χ0n) is 37.7. The summed E-state index contributed by atoms with van der Waals surface area (Å²) in [6, 6.07) is 53.0. The molecule has 0 spiro atoms. The molecule has 0 fully saturated rings. The Balaban J connectivity index is 0.000000174. The molecule has 0 aromatic heterocycles. The summed E-state index contributed by atoms with van der Waals surface area (Å²) in [6.07, 6.45) is 7.83. The van der Waals surface area contributed by atoms with Crippen LogP contribution < -0.4 is 16.0 Å². The fourth-order valence-corrected chi connectivity index (χ4v) is 6.86. The maximum atomic E-state index is 13.1. The fraction of sp³-hybridized carbons (Fsp3) is 0.0351. The standard InChI is InChI=1S/C22H18FNO2.C21H16FNO2.C14H11BrFNO2/c1-26-22(25)20-14-9-17(8-7-16-5-3-2-4-6-16)15-21(20)24-19-12-10-18(23)11-13-19;22-17-9-11-18(12-10-17)23-20-14-16(8-13-19(20)21(24)25)7-6-15-4-2-1-3-5-15;1-19-14(18)12-7-2-9(15)8-13(12)17-11-5-3-10(16)4-6-11/h2-15,24H,1H3;1-14,23H,(H,24,25);2-8,17H,1H3/b8-7+;7-6+;. The number of carbonyl (C=O) groups excluding carboxylic acids is 2. The summed E-state index contributed by atoms with van der Waals surface area (Å²) >= 11 is 3.34. The molecule has 0 unspecified atom stereocenters. The van der Waals surface area contributed by atoms with Crippen molar-refractivity contribution in [1.29, 1.82) is 0 Å². The van der Waals surface area contributed by atoms with Crippen molar-refractivity contribution in [3.8, 4) is 0 Å². The number of aromatic carboxylic acids is 1. The Morgan fingerprint density at radius 1 is 0.429 bits per heavy atom. The average molecular weight is 1000 g/mol. The van der Waals surface area contributed by atoms with E-state index in [9.17, 15) is 32.7 Å². The molecule has 0 aliphatic heterocycles. The van der Waals surface area contributed by atoms with E-state index in [0.29, 0.717) is 45.3 Å². The van der Waals surface area contributed by atoms with Crippen LogP contribution in [0, 0.1) is 17.5 Å². The minimum Gasteiger partial charge on any atom is -0.478 e. The van der Waals surface area contributed by atoms with E-state index in [0.717, 1.165) is 26.7 Å². The van der Waals surface area contributed by atoms with E-state index in [1.165, 1.54) is 50.6 Å². The van der Waals surface area contributed by atoms with Crippen LogP contribution in [0.4, 0.5) is 47.3 Å². The Kier molecular flexibility index (Phi) is 18.4. The van der Waals surface area contributed by atoms with Gasteiger partial charge in [0, 0.05) is 21.5 Å². The van der Waals surface area contributed by atoms with Crippen molar-refractivity contribution in [2.45, 2.75) is 0 Å². The Hall–Kier alpha value is -8.68. The van der Waals surface area contributed by atoms with Gasteiger partial charge in [0.2, 0.25) is 0 Å². The maximum absolute atomic E-state index is 13.1. The van der Waals surface area contributed by atoms with Crippen molar-refractivity contribution < 1.29 is 42.1 Å². The molecule has 0 aliphatic rings. The monoisotopic (exact) mass is 1000 g/mol. The number of carbonyl (C=O) groups is 3. The number of ether oxygens (including phenoxy) is 2. The minimum atomic E-state index is -1.02. The van der Waals surface area contributed by atoms with Crippen LogP contribution in [0.15, 0.2) is 193 Å².